The summed E-state index contributed by atoms with van der Waals surface area (Å²) < 4.78 is 52.4. The molecule has 8 nitrogen and oxygen atoms in total. The van der Waals surface area contributed by atoms with Gasteiger partial charge in [-0.2, -0.15) is 13.2 Å². The Hall–Kier alpha value is -3.44. The Kier molecular flexibility index (Phi) is 6.58. The van der Waals surface area contributed by atoms with Crippen LogP contribution in [0.15, 0.2) is 53.8 Å². The summed E-state index contributed by atoms with van der Waals surface area (Å²) in [6.07, 6.45) is 2.02. The highest BCUT2D eigenvalue weighted by Gasteiger charge is 2.36. The van der Waals surface area contributed by atoms with Crippen molar-refractivity contribution in [1.82, 2.24) is 28.6 Å². The van der Waals surface area contributed by atoms with Crippen molar-refractivity contribution in [3.63, 3.8) is 0 Å². The molecule has 2 atom stereocenters. The third-order valence-corrected chi connectivity index (χ3v) is 7.94. The van der Waals surface area contributed by atoms with Gasteiger partial charge in [0.25, 0.3) is 0 Å². The van der Waals surface area contributed by atoms with E-state index in [0.717, 1.165) is 41.7 Å². The largest absolute Gasteiger partial charge is 0.418 e. The molecule has 0 bridgehead atoms. The standard InChI is InChI=1S/C28H31F3N6O2/c1-18-5-4-8-35(11-18)12-19-9-23(28(29,30)31)24-14-36(27(38)37(24)13-19)22-7-3-6-20(10-22)25(21-15-39-16-21)26-33-32-17-34(26)2/h3,6-7,9-10,13-14,17-18,21,25H,4-5,8,11-12,15-16H2,1-2H3/t18-,25-/m0/s1. The van der Waals surface area contributed by atoms with E-state index in [-0.39, 0.29) is 17.4 Å². The highest BCUT2D eigenvalue weighted by atomic mass is 19.4. The van der Waals surface area contributed by atoms with E-state index in [2.05, 4.69) is 22.0 Å². The van der Waals surface area contributed by atoms with Gasteiger partial charge < -0.3 is 9.30 Å². The smallest absolute Gasteiger partial charge is 0.381 e. The number of aromatic nitrogens is 5. The molecule has 11 heteroatoms. The van der Waals surface area contributed by atoms with Gasteiger partial charge in [0, 0.05) is 38.4 Å². The number of aryl methyl sites for hydroxylation is 1. The van der Waals surface area contributed by atoms with Gasteiger partial charge in [0.1, 0.15) is 12.2 Å². The lowest BCUT2D eigenvalue weighted by Crippen LogP contribution is -2.35. The van der Waals surface area contributed by atoms with Crippen molar-refractivity contribution < 1.29 is 17.9 Å². The number of nitrogens with zero attached hydrogens (tertiary/aromatic N) is 6. The van der Waals surface area contributed by atoms with Gasteiger partial charge in [0.2, 0.25) is 0 Å². The fraction of sp³-hybridized carbons (Fsp3) is 0.464. The van der Waals surface area contributed by atoms with Gasteiger partial charge in [-0.1, -0.05) is 19.1 Å². The Morgan fingerprint density at radius 3 is 2.67 bits per heavy atom. The molecule has 39 heavy (non-hydrogen) atoms. The number of pyridine rings is 1. The number of ether oxygens (including phenoxy) is 1. The van der Waals surface area contributed by atoms with E-state index < -0.39 is 17.4 Å². The maximum absolute atomic E-state index is 14.2. The maximum atomic E-state index is 14.2. The van der Waals surface area contributed by atoms with E-state index in [9.17, 15) is 18.0 Å². The summed E-state index contributed by atoms with van der Waals surface area (Å²) in [6.45, 7) is 5.35. The van der Waals surface area contributed by atoms with Crippen LogP contribution in [0.5, 0.6) is 0 Å². The third kappa shape index (κ3) is 4.89. The van der Waals surface area contributed by atoms with E-state index in [1.54, 1.807) is 18.6 Å². The zero-order valence-electron chi connectivity index (χ0n) is 21.9. The number of hydrogen-bond donors (Lipinski definition) is 0. The van der Waals surface area contributed by atoms with Crippen LogP contribution in [0.1, 0.15) is 48.2 Å². The van der Waals surface area contributed by atoms with Crippen LogP contribution >= 0.6 is 0 Å². The molecule has 4 aromatic rings. The summed E-state index contributed by atoms with van der Waals surface area (Å²) in [5.74, 6) is 1.33. The Labute approximate surface area is 223 Å². The van der Waals surface area contributed by atoms with Crippen molar-refractivity contribution >= 4 is 5.52 Å². The molecule has 0 amide bonds. The van der Waals surface area contributed by atoms with Crippen LogP contribution in [-0.2, 0) is 24.5 Å². The first-order valence-electron chi connectivity index (χ1n) is 13.3. The molecule has 6 rings (SSSR count). The molecule has 0 unspecified atom stereocenters. The minimum atomic E-state index is -4.60. The highest BCUT2D eigenvalue weighted by molar-refractivity contribution is 5.58. The molecule has 0 radical (unpaired) electrons. The van der Waals surface area contributed by atoms with Gasteiger partial charge in [0.15, 0.2) is 0 Å². The number of halogens is 3. The fourth-order valence-electron chi connectivity index (χ4n) is 5.95. The van der Waals surface area contributed by atoms with Crippen LogP contribution in [0.2, 0.25) is 0 Å². The SMILES string of the molecule is C[C@H]1CCCN(Cc2cc(C(F)(F)F)c3cn(-c4cccc([C@H](c5nncn5C)C5COC5)c4)c(=O)n3c2)C1. The average molecular weight is 541 g/mol. The average Bonchev–Trinajstić information content (AvgIpc) is 3.43. The first-order valence-corrected chi connectivity index (χ1v) is 13.3. The van der Waals surface area contributed by atoms with Crippen LogP contribution in [0.25, 0.3) is 11.2 Å². The second-order valence-electron chi connectivity index (χ2n) is 10.9. The lowest BCUT2D eigenvalue weighted by molar-refractivity contribution is -0.136. The van der Waals surface area contributed by atoms with Crippen molar-refractivity contribution in [3.8, 4) is 5.69 Å². The number of hydrogen-bond acceptors (Lipinski definition) is 5. The highest BCUT2D eigenvalue weighted by Crippen LogP contribution is 2.36. The van der Waals surface area contributed by atoms with Gasteiger partial charge in [-0.15, -0.1) is 10.2 Å². The van der Waals surface area contributed by atoms with Gasteiger partial charge >= 0.3 is 11.9 Å². The number of rotatable bonds is 6. The van der Waals surface area contributed by atoms with Crippen LogP contribution in [0, 0.1) is 11.8 Å². The molecule has 0 N–H and O–H groups in total. The topological polar surface area (TPSA) is 69.6 Å². The minimum absolute atomic E-state index is 0.122. The van der Waals surface area contributed by atoms with E-state index in [4.69, 9.17) is 4.74 Å². The Balaban J connectivity index is 1.42. The summed E-state index contributed by atoms with van der Waals surface area (Å²) in [5, 5.41) is 8.33. The normalized spacial score (nSPS) is 19.9. The zero-order chi connectivity index (χ0) is 27.3. The Morgan fingerprint density at radius 1 is 1.18 bits per heavy atom. The first-order chi connectivity index (χ1) is 18.7. The zero-order valence-corrected chi connectivity index (χ0v) is 21.9. The fourth-order valence-corrected chi connectivity index (χ4v) is 5.95. The van der Waals surface area contributed by atoms with Crippen LogP contribution in [0.3, 0.4) is 0 Å². The number of piperidine rings is 1. The van der Waals surface area contributed by atoms with Crippen molar-refractivity contribution in [3.05, 3.63) is 82.1 Å². The number of alkyl halides is 3. The number of imidazole rings is 1. The molecule has 2 aliphatic heterocycles. The summed E-state index contributed by atoms with van der Waals surface area (Å²) in [7, 11) is 1.87. The molecule has 2 fully saturated rings. The maximum Gasteiger partial charge on any atom is 0.418 e. The lowest BCUT2D eigenvalue weighted by Gasteiger charge is -2.33. The second kappa shape index (κ2) is 9.95. The van der Waals surface area contributed by atoms with E-state index in [1.807, 2.05) is 29.8 Å². The molecular weight excluding hydrogens is 509 g/mol. The van der Waals surface area contributed by atoms with Crippen LogP contribution in [0.4, 0.5) is 13.2 Å². The molecule has 0 saturated carbocycles. The van der Waals surface area contributed by atoms with Crippen molar-refractivity contribution in [2.75, 3.05) is 26.3 Å². The second-order valence-corrected chi connectivity index (χ2v) is 10.9. The molecular formula is C28H31F3N6O2. The van der Waals surface area contributed by atoms with Gasteiger partial charge in [0.05, 0.1) is 35.9 Å². The van der Waals surface area contributed by atoms with Gasteiger partial charge in [-0.3, -0.25) is 13.9 Å². The van der Waals surface area contributed by atoms with Crippen molar-refractivity contribution in [2.24, 2.45) is 18.9 Å². The summed E-state index contributed by atoms with van der Waals surface area (Å²) in [6, 6.07) is 8.53. The lowest BCUT2D eigenvalue weighted by atomic mass is 9.84. The number of benzene rings is 1. The van der Waals surface area contributed by atoms with Crippen molar-refractivity contribution in [2.45, 2.75) is 38.4 Å². The quantitative estimate of drug-likeness (QED) is 0.366. The molecule has 206 valence electrons. The van der Waals surface area contributed by atoms with Crippen LogP contribution < -0.4 is 5.69 Å². The molecule has 5 heterocycles. The van der Waals surface area contributed by atoms with Gasteiger partial charge in [-0.05, 0) is 54.6 Å². The molecule has 0 spiro atoms. The van der Waals surface area contributed by atoms with E-state index >= 15 is 0 Å². The monoisotopic (exact) mass is 540 g/mol. The van der Waals surface area contributed by atoms with E-state index in [0.29, 0.717) is 36.9 Å². The summed E-state index contributed by atoms with van der Waals surface area (Å²) in [4.78, 5) is 15.7. The molecule has 3 aromatic heterocycles. The number of fused-ring (bicyclic) bond motifs is 1. The molecule has 1 aromatic carbocycles. The third-order valence-electron chi connectivity index (χ3n) is 7.94. The van der Waals surface area contributed by atoms with E-state index in [1.165, 1.54) is 16.8 Å². The summed E-state index contributed by atoms with van der Waals surface area (Å²) in [5.41, 5.74) is 0.364. The van der Waals surface area contributed by atoms with Gasteiger partial charge in [-0.25, -0.2) is 4.79 Å². The Bertz CT molecular complexity index is 1550. The van der Waals surface area contributed by atoms with Crippen molar-refractivity contribution in [1.29, 1.82) is 0 Å². The molecule has 0 aliphatic carbocycles. The predicted molar refractivity (Wildman–Crippen MR) is 139 cm³/mol. The Morgan fingerprint density at radius 2 is 2.00 bits per heavy atom. The molecule has 2 aliphatic rings. The predicted octanol–water partition coefficient (Wildman–Crippen LogP) is 4.25. The molecule has 2 saturated heterocycles. The summed E-state index contributed by atoms with van der Waals surface area (Å²) >= 11 is 0. The van der Waals surface area contributed by atoms with Crippen LogP contribution in [-0.4, -0.2) is 54.9 Å². The minimum Gasteiger partial charge on any atom is -0.381 e. The first kappa shape index (κ1) is 25.8. The number of likely N-dealkylation sites (tertiary alicyclic amines) is 1.